The van der Waals surface area contributed by atoms with Crippen molar-refractivity contribution in [3.8, 4) is 11.4 Å². The number of amides is 1. The number of tetrazole rings is 1. The van der Waals surface area contributed by atoms with Crippen molar-refractivity contribution < 1.29 is 4.79 Å². The van der Waals surface area contributed by atoms with E-state index in [0.717, 1.165) is 5.56 Å². The van der Waals surface area contributed by atoms with Crippen molar-refractivity contribution >= 4 is 18.3 Å². The molecular weight excluding hydrogens is 292 g/mol. The molecule has 0 radical (unpaired) electrons. The minimum Gasteiger partial charge on any atom is -0.353 e. The second-order valence-electron chi connectivity index (χ2n) is 4.50. The van der Waals surface area contributed by atoms with Gasteiger partial charge in [0.2, 0.25) is 11.7 Å². The largest absolute Gasteiger partial charge is 0.353 e. The second kappa shape index (κ2) is 8.33. The molecule has 2 N–H and O–H groups in total. The molecule has 114 valence electrons. The van der Waals surface area contributed by atoms with Crippen LogP contribution in [0.2, 0.25) is 0 Å². The van der Waals surface area contributed by atoms with Crippen molar-refractivity contribution in [2.75, 3.05) is 13.6 Å². The first-order valence-corrected chi connectivity index (χ1v) is 6.46. The molecule has 0 saturated carbocycles. The van der Waals surface area contributed by atoms with E-state index < -0.39 is 0 Å². The number of nitrogens with one attached hydrogen (secondary N) is 2. The zero-order valence-corrected chi connectivity index (χ0v) is 12.8. The Morgan fingerprint density at radius 2 is 2.05 bits per heavy atom. The van der Waals surface area contributed by atoms with Crippen LogP contribution in [-0.2, 0) is 11.3 Å². The summed E-state index contributed by atoms with van der Waals surface area (Å²) >= 11 is 0. The summed E-state index contributed by atoms with van der Waals surface area (Å²) in [5.41, 5.74) is 0.878. The van der Waals surface area contributed by atoms with E-state index in [2.05, 4.69) is 26.0 Å². The van der Waals surface area contributed by atoms with E-state index in [9.17, 15) is 4.79 Å². The minimum atomic E-state index is -0.135. The third-order valence-corrected chi connectivity index (χ3v) is 2.87. The number of carbonyl (C=O) groups is 1. The van der Waals surface area contributed by atoms with E-state index in [1.807, 2.05) is 44.3 Å². The van der Waals surface area contributed by atoms with Crippen LogP contribution in [0.1, 0.15) is 6.92 Å². The van der Waals surface area contributed by atoms with Gasteiger partial charge in [-0.1, -0.05) is 30.3 Å². The first-order chi connectivity index (χ1) is 9.69. The molecule has 0 saturated heterocycles. The molecule has 2 rings (SSSR count). The fraction of sp³-hybridized carbons (Fsp3) is 0.385. The normalized spacial score (nSPS) is 11.5. The summed E-state index contributed by atoms with van der Waals surface area (Å²) in [5, 5.41) is 17.9. The number of likely N-dealkylation sites (N-methyl/N-ethyl adjacent to an activating group) is 1. The Morgan fingerprint density at radius 1 is 1.33 bits per heavy atom. The van der Waals surface area contributed by atoms with Crippen LogP contribution < -0.4 is 10.6 Å². The van der Waals surface area contributed by atoms with Crippen molar-refractivity contribution in [2.24, 2.45) is 0 Å². The van der Waals surface area contributed by atoms with Gasteiger partial charge in [-0.2, -0.15) is 4.80 Å². The van der Waals surface area contributed by atoms with Gasteiger partial charge in [-0.25, -0.2) is 0 Å². The molecule has 7 nitrogen and oxygen atoms in total. The number of benzene rings is 1. The predicted molar refractivity (Wildman–Crippen MR) is 82.0 cm³/mol. The van der Waals surface area contributed by atoms with Gasteiger partial charge in [-0.3, -0.25) is 4.79 Å². The third kappa shape index (κ3) is 5.13. The predicted octanol–water partition coefficient (Wildman–Crippen LogP) is 0.486. The highest BCUT2D eigenvalue weighted by Gasteiger charge is 2.09. The van der Waals surface area contributed by atoms with Crippen LogP contribution in [0.15, 0.2) is 30.3 Å². The SMILES string of the molecule is CNC(C)CNC(=O)Cn1nnc(-c2ccccc2)n1.Cl. The molecule has 1 atom stereocenters. The number of hydrogen-bond acceptors (Lipinski definition) is 5. The van der Waals surface area contributed by atoms with Crippen LogP contribution in [0, 0.1) is 0 Å². The van der Waals surface area contributed by atoms with Crippen LogP contribution >= 0.6 is 12.4 Å². The first-order valence-electron chi connectivity index (χ1n) is 6.46. The minimum absolute atomic E-state index is 0. The average Bonchev–Trinajstić information content (AvgIpc) is 2.94. The number of aromatic nitrogens is 4. The van der Waals surface area contributed by atoms with Crippen molar-refractivity contribution in [3.05, 3.63) is 30.3 Å². The smallest absolute Gasteiger partial charge is 0.243 e. The first kappa shape index (κ1) is 17.1. The second-order valence-corrected chi connectivity index (χ2v) is 4.50. The maximum absolute atomic E-state index is 11.7. The molecule has 21 heavy (non-hydrogen) atoms. The van der Waals surface area contributed by atoms with Crippen molar-refractivity contribution in [2.45, 2.75) is 19.5 Å². The number of nitrogens with zero attached hydrogens (tertiary/aromatic N) is 4. The molecule has 2 aromatic rings. The molecule has 1 heterocycles. The summed E-state index contributed by atoms with van der Waals surface area (Å²) in [4.78, 5) is 13.0. The van der Waals surface area contributed by atoms with Gasteiger partial charge in [-0.05, 0) is 19.2 Å². The molecule has 0 aliphatic rings. The molecule has 1 aromatic carbocycles. The zero-order chi connectivity index (χ0) is 14.4. The van der Waals surface area contributed by atoms with E-state index in [4.69, 9.17) is 0 Å². The Balaban J connectivity index is 0.00000220. The van der Waals surface area contributed by atoms with Gasteiger partial charge in [-0.15, -0.1) is 22.6 Å². The molecule has 1 amide bonds. The van der Waals surface area contributed by atoms with Crippen LogP contribution in [0.3, 0.4) is 0 Å². The van der Waals surface area contributed by atoms with Gasteiger partial charge in [0.15, 0.2) is 0 Å². The topological polar surface area (TPSA) is 84.7 Å². The highest BCUT2D eigenvalue weighted by molar-refractivity contribution is 5.85. The van der Waals surface area contributed by atoms with Gasteiger partial charge in [0.25, 0.3) is 0 Å². The molecule has 8 heteroatoms. The standard InChI is InChI=1S/C13H18N6O.ClH/c1-10(14-2)8-15-12(20)9-19-17-13(16-18-19)11-6-4-3-5-7-11;/h3-7,10,14H,8-9H2,1-2H3,(H,15,20);1H. The van der Waals surface area contributed by atoms with E-state index in [0.29, 0.717) is 12.4 Å². The number of halogens is 1. The summed E-state index contributed by atoms with van der Waals surface area (Å²) in [6.45, 7) is 2.62. The molecular formula is C13H19ClN6O. The van der Waals surface area contributed by atoms with Crippen LogP contribution in [-0.4, -0.2) is 45.7 Å². The summed E-state index contributed by atoms with van der Waals surface area (Å²) in [5.74, 6) is 0.381. The fourth-order valence-electron chi connectivity index (χ4n) is 1.57. The molecule has 0 spiro atoms. The molecule has 1 aromatic heterocycles. The monoisotopic (exact) mass is 310 g/mol. The Bertz CT molecular complexity index is 559. The van der Waals surface area contributed by atoms with E-state index >= 15 is 0 Å². The Hall–Kier alpha value is -1.99. The lowest BCUT2D eigenvalue weighted by atomic mass is 10.2. The Kier molecular flexibility index (Phi) is 6.77. The van der Waals surface area contributed by atoms with Crippen LogP contribution in [0.25, 0.3) is 11.4 Å². The highest BCUT2D eigenvalue weighted by Crippen LogP contribution is 2.11. The maximum atomic E-state index is 11.7. The van der Waals surface area contributed by atoms with Crippen molar-refractivity contribution in [1.82, 2.24) is 30.8 Å². The molecule has 0 bridgehead atoms. The number of rotatable bonds is 6. The third-order valence-electron chi connectivity index (χ3n) is 2.87. The van der Waals surface area contributed by atoms with E-state index in [1.54, 1.807) is 0 Å². The zero-order valence-electron chi connectivity index (χ0n) is 12.0. The number of carbonyl (C=O) groups excluding carboxylic acids is 1. The fourth-order valence-corrected chi connectivity index (χ4v) is 1.57. The Morgan fingerprint density at radius 3 is 2.71 bits per heavy atom. The Labute approximate surface area is 129 Å². The molecule has 1 unspecified atom stereocenters. The van der Waals surface area contributed by atoms with Crippen LogP contribution in [0.4, 0.5) is 0 Å². The summed E-state index contributed by atoms with van der Waals surface area (Å²) < 4.78 is 0. The van der Waals surface area contributed by atoms with Gasteiger partial charge < -0.3 is 10.6 Å². The van der Waals surface area contributed by atoms with Crippen molar-refractivity contribution in [1.29, 1.82) is 0 Å². The van der Waals surface area contributed by atoms with Crippen LogP contribution in [0.5, 0.6) is 0 Å². The van der Waals surface area contributed by atoms with Gasteiger partial charge >= 0.3 is 0 Å². The summed E-state index contributed by atoms with van der Waals surface area (Å²) in [7, 11) is 1.85. The van der Waals surface area contributed by atoms with E-state index in [-0.39, 0.29) is 30.9 Å². The lowest BCUT2D eigenvalue weighted by Gasteiger charge is -2.10. The van der Waals surface area contributed by atoms with Gasteiger partial charge in [0, 0.05) is 18.2 Å². The molecule has 0 fully saturated rings. The lowest BCUT2D eigenvalue weighted by Crippen LogP contribution is -2.38. The van der Waals surface area contributed by atoms with Gasteiger partial charge in [0.1, 0.15) is 6.54 Å². The summed E-state index contributed by atoms with van der Waals surface area (Å²) in [6.07, 6.45) is 0. The van der Waals surface area contributed by atoms with E-state index in [1.165, 1.54) is 4.80 Å². The van der Waals surface area contributed by atoms with Gasteiger partial charge in [0.05, 0.1) is 0 Å². The molecule has 0 aliphatic carbocycles. The maximum Gasteiger partial charge on any atom is 0.243 e. The summed E-state index contributed by atoms with van der Waals surface area (Å²) in [6, 6.07) is 9.75. The highest BCUT2D eigenvalue weighted by atomic mass is 35.5. The van der Waals surface area contributed by atoms with Crippen molar-refractivity contribution in [3.63, 3.8) is 0 Å². The lowest BCUT2D eigenvalue weighted by molar-refractivity contribution is -0.122. The average molecular weight is 311 g/mol. The molecule has 0 aliphatic heterocycles. The number of hydrogen-bond donors (Lipinski definition) is 2. The quantitative estimate of drug-likeness (QED) is 0.811.